The van der Waals surface area contributed by atoms with Crippen molar-refractivity contribution in [3.05, 3.63) is 47.7 Å². The van der Waals surface area contributed by atoms with E-state index >= 15 is 0 Å². The molecule has 1 spiro atoms. The van der Waals surface area contributed by atoms with Gasteiger partial charge in [0.25, 0.3) is 0 Å². The Balaban J connectivity index is 2.05. The van der Waals surface area contributed by atoms with E-state index in [1.54, 1.807) is 0 Å². The van der Waals surface area contributed by atoms with Crippen LogP contribution in [0.2, 0.25) is 0 Å². The average molecular weight is 316 g/mol. The van der Waals surface area contributed by atoms with Gasteiger partial charge >= 0.3 is 0 Å². The van der Waals surface area contributed by atoms with Gasteiger partial charge in [0.05, 0.1) is 17.6 Å². The number of aliphatic hydroxyl groups excluding tert-OH is 1. The predicted octanol–water partition coefficient (Wildman–Crippen LogP) is 3.05. The number of rotatable bonds is 2. The summed E-state index contributed by atoms with van der Waals surface area (Å²) in [6.45, 7) is 10.2. The van der Waals surface area contributed by atoms with Gasteiger partial charge in [-0.05, 0) is 60.1 Å². The van der Waals surface area contributed by atoms with Gasteiger partial charge in [0.15, 0.2) is 0 Å². The molecule has 0 saturated carbocycles. The average Bonchev–Trinajstić information content (AvgIpc) is 2.71. The number of nitrogen functional groups attached to an aromatic ring is 1. The van der Waals surface area contributed by atoms with Gasteiger partial charge in [-0.15, -0.1) is 0 Å². The molecule has 2 saturated heterocycles. The normalized spacial score (nSPS) is 26.9. The van der Waals surface area contributed by atoms with Crippen LogP contribution in [0.25, 0.3) is 6.08 Å². The van der Waals surface area contributed by atoms with E-state index in [2.05, 4.69) is 18.5 Å². The molecule has 2 heterocycles. The second kappa shape index (κ2) is 5.67. The maximum absolute atomic E-state index is 11.1. The first-order valence-electron chi connectivity index (χ1n) is 7.74. The van der Waals surface area contributed by atoms with Crippen LogP contribution in [0.15, 0.2) is 31.0 Å². The first-order valence-corrected chi connectivity index (χ1v) is 8.89. The van der Waals surface area contributed by atoms with Crippen molar-refractivity contribution >= 4 is 23.5 Å². The van der Waals surface area contributed by atoms with Crippen molar-refractivity contribution in [1.29, 1.82) is 0 Å². The first kappa shape index (κ1) is 15.5. The van der Waals surface area contributed by atoms with Gasteiger partial charge in [0.1, 0.15) is 0 Å². The molecule has 3 rings (SSSR count). The van der Waals surface area contributed by atoms with Crippen molar-refractivity contribution in [2.24, 2.45) is 0 Å². The van der Waals surface area contributed by atoms with E-state index < -0.39 is 6.10 Å². The van der Waals surface area contributed by atoms with Crippen LogP contribution in [0.5, 0.6) is 0 Å². The fourth-order valence-electron chi connectivity index (χ4n) is 3.92. The molecule has 22 heavy (non-hydrogen) atoms. The molecule has 0 aliphatic carbocycles. The van der Waals surface area contributed by atoms with E-state index in [0.717, 1.165) is 52.4 Å². The standard InChI is InChI=1S/C18H24N2OS/c1-4-13-10-14(19)9-11(2)15(13)16-12(3)20-18(17(16)21)5-7-22-8-6-18/h4,9-10,16-17,20-21H,1,3,5-8,19H2,2H3. The van der Waals surface area contributed by atoms with Gasteiger partial charge in [-0.25, -0.2) is 0 Å². The first-order chi connectivity index (χ1) is 10.5. The van der Waals surface area contributed by atoms with Crippen molar-refractivity contribution in [3.63, 3.8) is 0 Å². The fourth-order valence-corrected chi connectivity index (χ4v) is 5.14. The SMILES string of the molecule is C=Cc1cc(N)cc(C)c1C1C(=C)NC2(CCSCC2)C1O. The summed E-state index contributed by atoms with van der Waals surface area (Å²) in [4.78, 5) is 0. The highest BCUT2D eigenvalue weighted by Gasteiger charge is 2.51. The number of aryl methyl sites for hydroxylation is 1. The number of thioether (sulfide) groups is 1. The van der Waals surface area contributed by atoms with Gasteiger partial charge in [-0.3, -0.25) is 0 Å². The van der Waals surface area contributed by atoms with Gasteiger partial charge in [-0.1, -0.05) is 19.2 Å². The number of hydrogen-bond donors (Lipinski definition) is 3. The fraction of sp³-hybridized carbons (Fsp3) is 0.444. The summed E-state index contributed by atoms with van der Waals surface area (Å²) in [6.07, 6.45) is 3.32. The highest BCUT2D eigenvalue weighted by atomic mass is 32.2. The zero-order valence-electron chi connectivity index (χ0n) is 13.1. The van der Waals surface area contributed by atoms with Crippen molar-refractivity contribution in [2.75, 3.05) is 17.2 Å². The third-order valence-electron chi connectivity index (χ3n) is 5.02. The van der Waals surface area contributed by atoms with Crippen molar-refractivity contribution < 1.29 is 5.11 Å². The van der Waals surface area contributed by atoms with Gasteiger partial charge in [0.2, 0.25) is 0 Å². The lowest BCUT2D eigenvalue weighted by molar-refractivity contribution is 0.0794. The maximum Gasteiger partial charge on any atom is 0.0893 e. The Labute approximate surface area is 136 Å². The number of hydrogen-bond acceptors (Lipinski definition) is 4. The van der Waals surface area contributed by atoms with Crippen LogP contribution >= 0.6 is 11.8 Å². The van der Waals surface area contributed by atoms with Crippen LogP contribution in [0.4, 0.5) is 5.69 Å². The van der Waals surface area contributed by atoms with Crippen molar-refractivity contribution in [3.8, 4) is 0 Å². The molecular weight excluding hydrogens is 292 g/mol. The van der Waals surface area contributed by atoms with E-state index in [4.69, 9.17) is 5.73 Å². The molecule has 2 aliphatic heterocycles. The molecule has 2 unspecified atom stereocenters. The summed E-state index contributed by atoms with van der Waals surface area (Å²) in [5, 5.41) is 14.6. The number of nitrogens with one attached hydrogen (secondary N) is 1. The van der Waals surface area contributed by atoms with Crippen LogP contribution in [-0.4, -0.2) is 28.3 Å². The van der Waals surface area contributed by atoms with Crippen LogP contribution in [0.3, 0.4) is 0 Å². The molecule has 0 radical (unpaired) electrons. The maximum atomic E-state index is 11.1. The molecule has 0 amide bonds. The molecule has 1 aromatic carbocycles. The van der Waals surface area contributed by atoms with Crippen LogP contribution in [0.1, 0.15) is 35.4 Å². The Bertz CT molecular complexity index is 620. The molecule has 4 heteroatoms. The highest BCUT2D eigenvalue weighted by molar-refractivity contribution is 7.99. The summed E-state index contributed by atoms with van der Waals surface area (Å²) < 4.78 is 0. The number of nitrogens with two attached hydrogens (primary N) is 1. The van der Waals surface area contributed by atoms with Crippen LogP contribution < -0.4 is 11.1 Å². The van der Waals surface area contributed by atoms with E-state index in [-0.39, 0.29) is 11.5 Å². The van der Waals surface area contributed by atoms with E-state index in [1.165, 1.54) is 0 Å². The molecule has 2 fully saturated rings. The Kier molecular flexibility index (Phi) is 4.00. The topological polar surface area (TPSA) is 58.3 Å². The Morgan fingerprint density at radius 2 is 2.09 bits per heavy atom. The number of anilines is 1. The Morgan fingerprint density at radius 3 is 2.73 bits per heavy atom. The molecular formula is C18H24N2OS. The van der Waals surface area contributed by atoms with Crippen molar-refractivity contribution in [1.82, 2.24) is 5.32 Å². The van der Waals surface area contributed by atoms with Gasteiger partial charge in [0, 0.05) is 11.4 Å². The highest BCUT2D eigenvalue weighted by Crippen LogP contribution is 2.46. The van der Waals surface area contributed by atoms with E-state index in [1.807, 2.05) is 36.9 Å². The summed E-state index contributed by atoms with van der Waals surface area (Å²) in [5.74, 6) is 2.06. The summed E-state index contributed by atoms with van der Waals surface area (Å²) >= 11 is 1.96. The smallest absolute Gasteiger partial charge is 0.0893 e. The number of benzene rings is 1. The monoisotopic (exact) mass is 316 g/mol. The lowest BCUT2D eigenvalue weighted by Crippen LogP contribution is -2.50. The molecule has 0 bridgehead atoms. The second-order valence-electron chi connectivity index (χ2n) is 6.39. The molecule has 1 aromatic rings. The zero-order chi connectivity index (χ0) is 15.9. The quantitative estimate of drug-likeness (QED) is 0.734. The van der Waals surface area contributed by atoms with Gasteiger partial charge < -0.3 is 16.2 Å². The summed E-state index contributed by atoms with van der Waals surface area (Å²) in [6, 6.07) is 3.89. The Morgan fingerprint density at radius 1 is 1.41 bits per heavy atom. The number of aliphatic hydroxyl groups is 1. The van der Waals surface area contributed by atoms with Crippen molar-refractivity contribution in [2.45, 2.75) is 37.3 Å². The minimum absolute atomic E-state index is 0.100. The summed E-state index contributed by atoms with van der Waals surface area (Å²) in [7, 11) is 0. The predicted molar refractivity (Wildman–Crippen MR) is 96.0 cm³/mol. The minimum atomic E-state index is -0.457. The molecule has 2 aliphatic rings. The summed E-state index contributed by atoms with van der Waals surface area (Å²) in [5.41, 5.74) is 10.6. The third kappa shape index (κ3) is 2.34. The lowest BCUT2D eigenvalue weighted by Gasteiger charge is -2.37. The largest absolute Gasteiger partial charge is 0.399 e. The minimum Gasteiger partial charge on any atom is -0.399 e. The molecule has 0 aromatic heterocycles. The lowest BCUT2D eigenvalue weighted by atomic mass is 9.78. The third-order valence-corrected chi connectivity index (χ3v) is 6.01. The molecule has 2 atom stereocenters. The van der Waals surface area contributed by atoms with E-state index in [9.17, 15) is 5.11 Å². The second-order valence-corrected chi connectivity index (χ2v) is 7.61. The molecule has 4 N–H and O–H groups in total. The molecule has 3 nitrogen and oxygen atoms in total. The molecule has 118 valence electrons. The van der Waals surface area contributed by atoms with E-state index in [0.29, 0.717) is 0 Å². The zero-order valence-corrected chi connectivity index (χ0v) is 13.9. The van der Waals surface area contributed by atoms with Crippen LogP contribution in [0, 0.1) is 6.92 Å². The van der Waals surface area contributed by atoms with Gasteiger partial charge in [-0.2, -0.15) is 11.8 Å². The Hall–Kier alpha value is -1.39. The van der Waals surface area contributed by atoms with Crippen LogP contribution in [-0.2, 0) is 0 Å².